The summed E-state index contributed by atoms with van der Waals surface area (Å²) in [7, 11) is 0. The third kappa shape index (κ3) is 4.26. The van der Waals surface area contributed by atoms with Gasteiger partial charge >= 0.3 is 6.03 Å². The number of hydrogen-bond acceptors (Lipinski definition) is 4. The van der Waals surface area contributed by atoms with Gasteiger partial charge < -0.3 is 4.98 Å². The Morgan fingerprint density at radius 1 is 1.03 bits per heavy atom. The van der Waals surface area contributed by atoms with Crippen molar-refractivity contribution in [3.05, 3.63) is 71.9 Å². The number of nitrogens with one attached hydrogen (secondary N) is 2. The number of fused-ring (bicyclic) bond motifs is 1. The maximum absolute atomic E-state index is 13.1. The maximum atomic E-state index is 13.1. The minimum atomic E-state index is -1.07. The van der Waals surface area contributed by atoms with Gasteiger partial charge in [-0.3, -0.25) is 24.8 Å². The lowest BCUT2D eigenvalue weighted by Crippen LogP contribution is -2.59. The number of nitrogens with zero attached hydrogens (tertiary/aromatic N) is 2. The van der Waals surface area contributed by atoms with Crippen molar-refractivity contribution in [3.63, 3.8) is 0 Å². The van der Waals surface area contributed by atoms with Gasteiger partial charge in [-0.1, -0.05) is 55.5 Å². The molecule has 7 nitrogen and oxygen atoms in total. The topological polar surface area (TPSA) is 94.6 Å². The molecule has 4 rings (SSSR count). The van der Waals surface area contributed by atoms with Gasteiger partial charge in [-0.2, -0.15) is 0 Å². The van der Waals surface area contributed by atoms with Gasteiger partial charge in [0.15, 0.2) is 5.92 Å². The lowest BCUT2D eigenvalue weighted by atomic mass is 9.96. The monoisotopic (exact) mass is 416 g/mol. The molecule has 2 aromatic carbocycles. The van der Waals surface area contributed by atoms with Crippen LogP contribution in [0.2, 0.25) is 0 Å². The van der Waals surface area contributed by atoms with E-state index in [1.165, 1.54) is 0 Å². The second-order valence-electron chi connectivity index (χ2n) is 7.47. The van der Waals surface area contributed by atoms with Crippen LogP contribution in [0.5, 0.6) is 0 Å². The highest BCUT2D eigenvalue weighted by molar-refractivity contribution is 6.27. The van der Waals surface area contributed by atoms with E-state index in [2.05, 4.69) is 21.4 Å². The molecular weight excluding hydrogens is 392 g/mol. The molecule has 1 aromatic heterocycles. The molecule has 3 aromatic rings. The van der Waals surface area contributed by atoms with Gasteiger partial charge in [-0.05, 0) is 30.0 Å². The minimum Gasteiger partial charge on any atom is -0.361 e. The normalized spacial score (nSPS) is 17.3. The summed E-state index contributed by atoms with van der Waals surface area (Å²) < 4.78 is 0. The van der Waals surface area contributed by atoms with Crippen molar-refractivity contribution in [3.8, 4) is 0 Å². The molecule has 0 bridgehead atoms. The predicted octanol–water partition coefficient (Wildman–Crippen LogP) is 3.46. The number of imide groups is 2. The van der Waals surface area contributed by atoms with Crippen LogP contribution in [-0.4, -0.2) is 40.0 Å². The van der Waals surface area contributed by atoms with Gasteiger partial charge in [0.05, 0.1) is 6.54 Å². The number of amides is 4. The summed E-state index contributed by atoms with van der Waals surface area (Å²) in [5, 5.41) is 3.46. The largest absolute Gasteiger partial charge is 0.361 e. The number of urea groups is 1. The first-order chi connectivity index (χ1) is 15.1. The first-order valence-corrected chi connectivity index (χ1v) is 10.4. The second-order valence-corrected chi connectivity index (χ2v) is 7.47. The molecule has 158 valence electrons. The molecule has 0 radical (unpaired) electrons. The van der Waals surface area contributed by atoms with Crippen molar-refractivity contribution < 1.29 is 14.4 Å². The first-order valence-electron chi connectivity index (χ1n) is 10.4. The van der Waals surface area contributed by atoms with Gasteiger partial charge in [0.1, 0.15) is 0 Å². The Bertz CT molecular complexity index is 1150. The number of barbiturate groups is 1. The highest BCUT2D eigenvalue weighted by Crippen LogP contribution is 2.20. The summed E-state index contributed by atoms with van der Waals surface area (Å²) in [5.41, 5.74) is 3.51. The molecule has 1 atom stereocenters. The van der Waals surface area contributed by atoms with Crippen molar-refractivity contribution in [2.45, 2.75) is 26.3 Å². The average molecular weight is 416 g/mol. The number of H-pyrrole nitrogens is 1. The SMILES string of the molecule is CCC(=NCCc1c[nH]c2ccccc12)C1C(=O)NC(=O)N(Cc2ccccc2)C1=O. The van der Waals surface area contributed by atoms with Gasteiger partial charge in [0, 0.05) is 29.4 Å². The smallest absolute Gasteiger partial charge is 0.331 e. The van der Waals surface area contributed by atoms with Crippen molar-refractivity contribution in [1.82, 2.24) is 15.2 Å². The summed E-state index contributed by atoms with van der Waals surface area (Å²) in [6.45, 7) is 2.43. The predicted molar refractivity (Wildman–Crippen MR) is 119 cm³/mol. The molecule has 31 heavy (non-hydrogen) atoms. The van der Waals surface area contributed by atoms with E-state index < -0.39 is 23.8 Å². The molecular formula is C24H24N4O3. The number of para-hydroxylation sites is 1. The summed E-state index contributed by atoms with van der Waals surface area (Å²) in [6, 6.07) is 16.6. The molecule has 0 aliphatic carbocycles. The Morgan fingerprint density at radius 3 is 2.55 bits per heavy atom. The molecule has 4 amide bonds. The number of aliphatic imine (C=N–C) groups is 1. The Morgan fingerprint density at radius 2 is 1.77 bits per heavy atom. The van der Waals surface area contributed by atoms with Gasteiger partial charge in [0.2, 0.25) is 11.8 Å². The number of rotatable bonds is 7. The van der Waals surface area contributed by atoms with E-state index in [0.717, 1.165) is 26.9 Å². The van der Waals surface area contributed by atoms with Gasteiger partial charge in [0.25, 0.3) is 0 Å². The van der Waals surface area contributed by atoms with Crippen LogP contribution in [0.4, 0.5) is 4.79 Å². The summed E-state index contributed by atoms with van der Waals surface area (Å²) >= 11 is 0. The van der Waals surface area contributed by atoms with Crippen molar-refractivity contribution in [2.75, 3.05) is 6.54 Å². The second kappa shape index (κ2) is 8.95. The molecule has 1 saturated heterocycles. The van der Waals surface area contributed by atoms with Crippen molar-refractivity contribution in [1.29, 1.82) is 0 Å². The van der Waals surface area contributed by atoms with Crippen LogP contribution >= 0.6 is 0 Å². The Balaban J connectivity index is 1.51. The van der Waals surface area contributed by atoms with Crippen LogP contribution in [0.1, 0.15) is 24.5 Å². The fraction of sp³-hybridized carbons (Fsp3) is 0.250. The van der Waals surface area contributed by atoms with Gasteiger partial charge in [-0.25, -0.2) is 4.79 Å². The Labute approximate surface area is 180 Å². The fourth-order valence-electron chi connectivity index (χ4n) is 3.89. The lowest BCUT2D eigenvalue weighted by molar-refractivity contribution is -0.139. The maximum Gasteiger partial charge on any atom is 0.331 e. The van der Waals surface area contributed by atoms with Crippen LogP contribution in [-0.2, 0) is 22.6 Å². The molecule has 2 heterocycles. The molecule has 1 unspecified atom stereocenters. The standard InChI is InChI=1S/C24H24N4O3/c1-2-19(25-13-12-17-14-26-20-11-7-6-10-18(17)20)21-22(29)27-24(31)28(23(21)30)15-16-8-4-3-5-9-16/h3-11,14,21,26H,2,12-13,15H2,1H3,(H,27,29,31). The first kappa shape index (κ1) is 20.5. The number of hydrogen-bond donors (Lipinski definition) is 2. The summed E-state index contributed by atoms with van der Waals surface area (Å²) in [6.07, 6.45) is 3.10. The van der Waals surface area contributed by atoms with E-state index >= 15 is 0 Å². The molecule has 0 saturated carbocycles. The van der Waals surface area contributed by atoms with E-state index in [0.29, 0.717) is 25.1 Å². The number of carbonyl (C=O) groups is 3. The van der Waals surface area contributed by atoms with Crippen LogP contribution in [0.3, 0.4) is 0 Å². The zero-order chi connectivity index (χ0) is 21.8. The van der Waals surface area contributed by atoms with E-state index in [-0.39, 0.29) is 6.54 Å². The highest BCUT2D eigenvalue weighted by Gasteiger charge is 2.42. The third-order valence-electron chi connectivity index (χ3n) is 5.50. The number of carbonyl (C=O) groups excluding carboxylic acids is 3. The minimum absolute atomic E-state index is 0.113. The van der Waals surface area contributed by atoms with Crippen molar-refractivity contribution in [2.24, 2.45) is 10.9 Å². The zero-order valence-corrected chi connectivity index (χ0v) is 17.3. The Hall–Kier alpha value is -3.74. The number of aromatic nitrogens is 1. The molecule has 2 N–H and O–H groups in total. The number of aromatic amines is 1. The van der Waals surface area contributed by atoms with Crippen LogP contribution in [0.25, 0.3) is 10.9 Å². The van der Waals surface area contributed by atoms with Gasteiger partial charge in [-0.15, -0.1) is 0 Å². The summed E-state index contributed by atoms with van der Waals surface area (Å²) in [5.74, 6) is -2.20. The lowest BCUT2D eigenvalue weighted by Gasteiger charge is -2.30. The van der Waals surface area contributed by atoms with E-state index in [9.17, 15) is 14.4 Å². The third-order valence-corrected chi connectivity index (χ3v) is 5.50. The molecule has 0 spiro atoms. The highest BCUT2D eigenvalue weighted by atomic mass is 16.2. The van der Waals surface area contributed by atoms with E-state index in [1.54, 1.807) is 0 Å². The van der Waals surface area contributed by atoms with Crippen molar-refractivity contribution >= 4 is 34.5 Å². The van der Waals surface area contributed by atoms with Crippen LogP contribution in [0.15, 0.2) is 65.8 Å². The quantitative estimate of drug-likeness (QED) is 0.456. The summed E-state index contributed by atoms with van der Waals surface area (Å²) in [4.78, 5) is 46.8. The molecule has 1 fully saturated rings. The molecule has 1 aliphatic rings. The zero-order valence-electron chi connectivity index (χ0n) is 17.3. The molecule has 7 heteroatoms. The van der Waals surface area contributed by atoms with Crippen LogP contribution < -0.4 is 5.32 Å². The Kier molecular flexibility index (Phi) is 5.93. The fourth-order valence-corrected chi connectivity index (χ4v) is 3.89. The molecule has 1 aliphatic heterocycles. The van der Waals surface area contributed by atoms with E-state index in [4.69, 9.17) is 0 Å². The van der Waals surface area contributed by atoms with E-state index in [1.807, 2.05) is 61.7 Å². The average Bonchev–Trinajstić information content (AvgIpc) is 3.19. The van der Waals surface area contributed by atoms with Crippen LogP contribution in [0, 0.1) is 5.92 Å². The number of benzene rings is 2.